The second kappa shape index (κ2) is 7.63. The average molecular weight is 341 g/mol. The largest absolute Gasteiger partial charge is 0.497 e. The molecule has 0 saturated heterocycles. The van der Waals surface area contributed by atoms with E-state index in [1.165, 1.54) is 11.1 Å². The molecule has 3 N–H and O–H groups in total. The lowest BCUT2D eigenvalue weighted by Crippen LogP contribution is -2.31. The van der Waals surface area contributed by atoms with Crippen molar-refractivity contribution >= 4 is 5.91 Å². The molecule has 1 aliphatic heterocycles. The predicted octanol–water partition coefficient (Wildman–Crippen LogP) is 1.39. The molecule has 1 aliphatic rings. The number of pyridine rings is 1. The number of amides is 1. The van der Waals surface area contributed by atoms with Crippen LogP contribution in [0.2, 0.25) is 0 Å². The summed E-state index contributed by atoms with van der Waals surface area (Å²) in [6.07, 6.45) is 1.61. The number of aromatic nitrogens is 1. The Labute approximate surface area is 147 Å². The molecule has 1 aromatic heterocycles. The summed E-state index contributed by atoms with van der Waals surface area (Å²) < 4.78 is 5.09. The number of nitrogens with one attached hydrogen (secondary N) is 2. The number of aliphatic hydroxyl groups is 1. The Morgan fingerprint density at radius 3 is 2.88 bits per heavy atom. The smallest absolute Gasteiger partial charge is 0.253 e. The van der Waals surface area contributed by atoms with Crippen LogP contribution in [0.4, 0.5) is 0 Å². The lowest BCUT2D eigenvalue weighted by molar-refractivity contribution is -0.129. The fourth-order valence-corrected chi connectivity index (χ4v) is 3.09. The number of ether oxygens (including phenoxy) is 1. The summed E-state index contributed by atoms with van der Waals surface area (Å²) in [4.78, 5) is 16.8. The number of carbonyl (C=O) groups excluding carboxylic acids is 1. The molecule has 1 atom stereocenters. The molecular weight excluding hydrogens is 318 g/mol. The maximum atomic E-state index is 12.3. The van der Waals surface area contributed by atoms with E-state index in [0.717, 1.165) is 30.8 Å². The monoisotopic (exact) mass is 341 g/mol. The topological polar surface area (TPSA) is 83.5 Å². The molecule has 0 saturated carbocycles. The van der Waals surface area contributed by atoms with Crippen molar-refractivity contribution in [2.75, 3.05) is 13.7 Å². The molecule has 1 unspecified atom stereocenters. The number of methoxy groups -OCH3 is 1. The van der Waals surface area contributed by atoms with Crippen molar-refractivity contribution in [3.05, 3.63) is 58.4 Å². The number of fused-ring (bicyclic) bond motifs is 1. The number of hydrogen-bond acceptors (Lipinski definition) is 5. The fraction of sp³-hybridized carbons (Fsp3) is 0.368. The number of nitrogens with zero attached hydrogens (tertiary/aromatic N) is 1. The van der Waals surface area contributed by atoms with Gasteiger partial charge in [-0.25, -0.2) is 0 Å². The third-order valence-corrected chi connectivity index (χ3v) is 4.59. The molecule has 6 heteroatoms. The van der Waals surface area contributed by atoms with E-state index in [2.05, 4.69) is 15.6 Å². The Bertz CT molecular complexity index is 759. The molecule has 2 aromatic rings. The van der Waals surface area contributed by atoms with Crippen LogP contribution in [0.5, 0.6) is 5.75 Å². The van der Waals surface area contributed by atoms with Gasteiger partial charge in [-0.2, -0.15) is 0 Å². The molecule has 3 rings (SSSR count). The van der Waals surface area contributed by atoms with Gasteiger partial charge in [-0.3, -0.25) is 9.78 Å². The third-order valence-electron chi connectivity index (χ3n) is 4.59. The van der Waals surface area contributed by atoms with Crippen LogP contribution in [0.1, 0.15) is 34.1 Å². The van der Waals surface area contributed by atoms with Crippen LogP contribution in [0, 0.1) is 6.92 Å². The van der Waals surface area contributed by atoms with Crippen LogP contribution in [0.3, 0.4) is 0 Å². The molecule has 0 fully saturated rings. The van der Waals surface area contributed by atoms with Crippen LogP contribution in [0.15, 0.2) is 30.5 Å². The molecule has 0 radical (unpaired) electrons. The summed E-state index contributed by atoms with van der Waals surface area (Å²) >= 11 is 0. The number of aryl methyl sites for hydroxylation is 1. The molecule has 1 aromatic carbocycles. The van der Waals surface area contributed by atoms with Gasteiger partial charge in [0.15, 0.2) is 6.10 Å². The minimum absolute atomic E-state index is 0.369. The Hall–Kier alpha value is -2.44. The van der Waals surface area contributed by atoms with E-state index >= 15 is 0 Å². The lowest BCUT2D eigenvalue weighted by Gasteiger charge is -2.22. The zero-order chi connectivity index (χ0) is 17.8. The van der Waals surface area contributed by atoms with Crippen molar-refractivity contribution in [1.82, 2.24) is 15.6 Å². The zero-order valence-electron chi connectivity index (χ0n) is 14.5. The van der Waals surface area contributed by atoms with Crippen molar-refractivity contribution in [2.45, 2.75) is 32.5 Å². The fourth-order valence-electron chi connectivity index (χ4n) is 3.09. The van der Waals surface area contributed by atoms with Crippen molar-refractivity contribution in [3.8, 4) is 5.75 Å². The highest BCUT2D eigenvalue weighted by Crippen LogP contribution is 2.21. The SMILES string of the molecule is COc1ccc(C(O)C(=O)NCc2c(C)ncc3c2CCNC3)cc1. The second-order valence-electron chi connectivity index (χ2n) is 6.15. The van der Waals surface area contributed by atoms with Gasteiger partial charge in [-0.05, 0) is 54.3 Å². The van der Waals surface area contributed by atoms with Gasteiger partial charge in [-0.1, -0.05) is 12.1 Å². The van der Waals surface area contributed by atoms with Gasteiger partial charge in [0.25, 0.3) is 5.91 Å². The van der Waals surface area contributed by atoms with Gasteiger partial charge >= 0.3 is 0 Å². The molecule has 0 bridgehead atoms. The summed E-state index contributed by atoms with van der Waals surface area (Å²) in [6, 6.07) is 6.82. The average Bonchev–Trinajstić information content (AvgIpc) is 2.66. The number of rotatable bonds is 5. The number of benzene rings is 1. The molecule has 2 heterocycles. The van der Waals surface area contributed by atoms with Crippen LogP contribution < -0.4 is 15.4 Å². The van der Waals surface area contributed by atoms with Gasteiger partial charge in [0.05, 0.1) is 7.11 Å². The first-order chi connectivity index (χ1) is 12.1. The van der Waals surface area contributed by atoms with Gasteiger partial charge in [-0.15, -0.1) is 0 Å². The molecule has 6 nitrogen and oxygen atoms in total. The summed E-state index contributed by atoms with van der Waals surface area (Å²) in [5, 5.41) is 16.4. The molecule has 0 aliphatic carbocycles. The minimum Gasteiger partial charge on any atom is -0.497 e. The lowest BCUT2D eigenvalue weighted by atomic mass is 9.96. The molecule has 0 spiro atoms. The van der Waals surface area contributed by atoms with E-state index < -0.39 is 12.0 Å². The summed E-state index contributed by atoms with van der Waals surface area (Å²) in [7, 11) is 1.57. The second-order valence-corrected chi connectivity index (χ2v) is 6.15. The van der Waals surface area contributed by atoms with E-state index in [-0.39, 0.29) is 0 Å². The highest BCUT2D eigenvalue weighted by molar-refractivity contribution is 5.82. The number of carbonyl (C=O) groups is 1. The van der Waals surface area contributed by atoms with Gasteiger partial charge in [0.2, 0.25) is 0 Å². The highest BCUT2D eigenvalue weighted by Gasteiger charge is 2.20. The Morgan fingerprint density at radius 1 is 1.40 bits per heavy atom. The first-order valence-electron chi connectivity index (χ1n) is 8.37. The maximum absolute atomic E-state index is 12.3. The summed E-state index contributed by atoms with van der Waals surface area (Å²) in [5.41, 5.74) is 4.93. The van der Waals surface area contributed by atoms with E-state index in [0.29, 0.717) is 17.9 Å². The molecular formula is C19H23N3O3. The van der Waals surface area contributed by atoms with Crippen LogP contribution in [-0.4, -0.2) is 29.7 Å². The normalized spacial score (nSPS) is 14.5. The van der Waals surface area contributed by atoms with Gasteiger partial charge in [0.1, 0.15) is 5.75 Å². The molecule has 132 valence electrons. The number of aliphatic hydroxyl groups excluding tert-OH is 1. The Balaban J connectivity index is 1.69. The van der Waals surface area contributed by atoms with Crippen molar-refractivity contribution in [1.29, 1.82) is 0 Å². The van der Waals surface area contributed by atoms with Crippen molar-refractivity contribution < 1.29 is 14.6 Å². The van der Waals surface area contributed by atoms with Crippen LogP contribution in [-0.2, 0) is 24.3 Å². The summed E-state index contributed by atoms with van der Waals surface area (Å²) in [5.74, 6) is 0.263. The molecule has 1 amide bonds. The number of hydrogen-bond donors (Lipinski definition) is 3. The predicted molar refractivity (Wildman–Crippen MR) is 94.2 cm³/mol. The van der Waals surface area contributed by atoms with Crippen molar-refractivity contribution in [2.24, 2.45) is 0 Å². The summed E-state index contributed by atoms with van der Waals surface area (Å²) in [6.45, 7) is 4.04. The standard InChI is InChI=1S/C19H23N3O3/c1-12-17(16-7-8-20-9-14(16)10-21-12)11-22-19(24)18(23)13-3-5-15(25-2)6-4-13/h3-6,10,18,20,23H,7-9,11H2,1-2H3,(H,22,24). The Morgan fingerprint density at radius 2 is 2.16 bits per heavy atom. The van der Waals surface area contributed by atoms with Crippen molar-refractivity contribution in [3.63, 3.8) is 0 Å². The Kier molecular flexibility index (Phi) is 5.31. The van der Waals surface area contributed by atoms with E-state index in [1.54, 1.807) is 31.4 Å². The van der Waals surface area contributed by atoms with E-state index in [1.807, 2.05) is 13.1 Å². The third kappa shape index (κ3) is 3.81. The first-order valence-corrected chi connectivity index (χ1v) is 8.37. The van der Waals surface area contributed by atoms with Crippen LogP contribution >= 0.6 is 0 Å². The maximum Gasteiger partial charge on any atom is 0.253 e. The van der Waals surface area contributed by atoms with Gasteiger partial charge in [0, 0.05) is 25.0 Å². The van der Waals surface area contributed by atoms with Crippen LogP contribution in [0.25, 0.3) is 0 Å². The van der Waals surface area contributed by atoms with Gasteiger partial charge < -0.3 is 20.5 Å². The van der Waals surface area contributed by atoms with E-state index in [4.69, 9.17) is 4.74 Å². The minimum atomic E-state index is -1.21. The first kappa shape index (κ1) is 17.4. The molecule has 25 heavy (non-hydrogen) atoms. The van der Waals surface area contributed by atoms with E-state index in [9.17, 15) is 9.90 Å². The zero-order valence-corrected chi connectivity index (χ0v) is 14.5. The highest BCUT2D eigenvalue weighted by atomic mass is 16.5. The quantitative estimate of drug-likeness (QED) is 0.766.